The van der Waals surface area contributed by atoms with E-state index in [1.165, 1.54) is 33.3 Å². The van der Waals surface area contributed by atoms with Crippen LogP contribution in [-0.4, -0.2) is 56.6 Å². The van der Waals surface area contributed by atoms with Gasteiger partial charge >= 0.3 is 187 Å². The zero-order valence-corrected chi connectivity index (χ0v) is 20.8. The Morgan fingerprint density at radius 3 is 2.93 bits per heavy atom. The molecule has 0 bridgehead atoms. The van der Waals surface area contributed by atoms with Crippen LogP contribution in [0.2, 0.25) is 0 Å². The Morgan fingerprint density at radius 2 is 2.15 bits per heavy atom. The number of nitrogens with zero attached hydrogens (tertiary/aromatic N) is 4. The summed E-state index contributed by atoms with van der Waals surface area (Å²) in [5.74, 6) is 0.848. The van der Waals surface area contributed by atoms with E-state index in [-0.39, 0.29) is 0 Å². The number of benzene rings is 1. The van der Waals surface area contributed by atoms with Gasteiger partial charge in [0.15, 0.2) is 0 Å². The van der Waals surface area contributed by atoms with E-state index in [1.54, 1.807) is 25.2 Å². The van der Waals surface area contributed by atoms with Gasteiger partial charge in [-0.05, 0) is 0 Å². The van der Waals surface area contributed by atoms with Gasteiger partial charge in [0.25, 0.3) is 0 Å². The summed E-state index contributed by atoms with van der Waals surface area (Å²) >= 11 is 5.47. The van der Waals surface area contributed by atoms with Crippen LogP contribution in [0.4, 0.5) is 0 Å². The molecule has 0 spiro atoms. The number of hydrogen-bond donors (Lipinski definition) is 1. The molecule has 27 heavy (non-hydrogen) atoms. The molecule has 1 N–H and O–H groups in total. The molecule has 3 aromatic rings. The van der Waals surface area contributed by atoms with Crippen molar-refractivity contribution in [1.29, 1.82) is 0 Å². The first-order valence-electron chi connectivity index (χ1n) is 8.82. The number of aromatic nitrogens is 4. The van der Waals surface area contributed by atoms with E-state index in [0.29, 0.717) is 0 Å². The van der Waals surface area contributed by atoms with E-state index in [9.17, 15) is 0 Å². The van der Waals surface area contributed by atoms with Gasteiger partial charge in [-0.1, -0.05) is 0 Å². The summed E-state index contributed by atoms with van der Waals surface area (Å²) in [6.45, 7) is 4.96. The summed E-state index contributed by atoms with van der Waals surface area (Å²) in [4.78, 5) is 14.8. The van der Waals surface area contributed by atoms with Crippen LogP contribution in [-0.2, 0) is 6.54 Å². The number of ether oxygens (including phenoxy) is 1. The molecule has 0 saturated carbocycles. The number of fused-ring (bicyclic) bond motifs is 1. The van der Waals surface area contributed by atoms with E-state index in [0.717, 1.165) is 51.1 Å². The molecule has 0 aliphatic heterocycles. The quantitative estimate of drug-likeness (QED) is 0.247. The van der Waals surface area contributed by atoms with Gasteiger partial charge in [0.05, 0.1) is 0 Å². The molecular weight excluding hydrogens is 536 g/mol. The molecule has 1 atom stereocenters. The second-order valence-corrected chi connectivity index (χ2v) is 9.30. The Kier molecular flexibility index (Phi) is 7.81. The van der Waals surface area contributed by atoms with Crippen LogP contribution in [0.25, 0.3) is 11.2 Å². The van der Waals surface area contributed by atoms with Crippen LogP contribution in [0, 0.1) is 3.57 Å². The first-order chi connectivity index (χ1) is 13.1. The summed E-state index contributed by atoms with van der Waals surface area (Å²) in [7, 11) is 1.69. The first kappa shape index (κ1) is 20.9. The third-order valence-corrected chi connectivity index (χ3v) is 7.33. The number of rotatable bonds is 9. The van der Waals surface area contributed by atoms with Gasteiger partial charge in [-0.25, -0.2) is 0 Å². The van der Waals surface area contributed by atoms with Gasteiger partial charge in [0.2, 0.25) is 0 Å². The van der Waals surface area contributed by atoms with Crippen molar-refractivity contribution in [3.05, 3.63) is 28.1 Å². The van der Waals surface area contributed by atoms with Crippen LogP contribution in [0.1, 0.15) is 19.8 Å². The fourth-order valence-electron chi connectivity index (χ4n) is 2.62. The summed E-state index contributed by atoms with van der Waals surface area (Å²) < 4.78 is 9.71. The van der Waals surface area contributed by atoms with E-state index in [2.05, 4.69) is 61.5 Å². The third kappa shape index (κ3) is 5.16. The van der Waals surface area contributed by atoms with Crippen LogP contribution in [0.5, 0.6) is 5.75 Å². The zero-order chi connectivity index (χ0) is 19.2. The molecular formula is C18H23AsIN5OS. The van der Waals surface area contributed by atoms with Crippen molar-refractivity contribution < 1.29 is 4.74 Å². The van der Waals surface area contributed by atoms with Crippen molar-refractivity contribution in [2.24, 2.45) is 0 Å². The van der Waals surface area contributed by atoms with Crippen LogP contribution < -0.4 is 14.5 Å². The van der Waals surface area contributed by atoms with Crippen molar-refractivity contribution >= 4 is 66.9 Å². The molecule has 0 saturated heterocycles. The third-order valence-electron chi connectivity index (χ3n) is 4.08. The van der Waals surface area contributed by atoms with Crippen molar-refractivity contribution in [3.63, 3.8) is 0 Å². The number of nitrogens with one attached hydrogen (secondary N) is 1. The van der Waals surface area contributed by atoms with Gasteiger partial charge in [-0.2, -0.15) is 0 Å². The number of unbranched alkanes of at least 4 members (excludes halogenated alkanes) is 1. The zero-order valence-electron chi connectivity index (χ0n) is 15.4. The molecule has 2 aromatic heterocycles. The van der Waals surface area contributed by atoms with E-state index in [1.807, 2.05) is 6.07 Å². The molecule has 144 valence electrons. The number of halogens is 1. The summed E-state index contributed by atoms with van der Waals surface area (Å²) in [6.07, 6.45) is 4.02. The Morgan fingerprint density at radius 1 is 1.30 bits per heavy atom. The predicted octanol–water partition coefficient (Wildman–Crippen LogP) is 2.24. The molecule has 0 aliphatic rings. The van der Waals surface area contributed by atoms with E-state index < -0.39 is 0 Å². The molecule has 0 fully saturated rings. The fourth-order valence-corrected chi connectivity index (χ4v) is 4.79. The van der Waals surface area contributed by atoms with Gasteiger partial charge in [-0.3, -0.25) is 0 Å². The molecule has 0 radical (unpaired) electrons. The molecule has 1 unspecified atom stereocenters. The Labute approximate surface area is 185 Å². The average Bonchev–Trinajstić information content (AvgIpc) is 3.02. The van der Waals surface area contributed by atoms with Crippen LogP contribution in [0.15, 0.2) is 34.6 Å². The second-order valence-electron chi connectivity index (χ2n) is 5.98. The topological polar surface area (TPSA) is 64.9 Å². The average molecular weight is 559 g/mol. The van der Waals surface area contributed by atoms with Crippen molar-refractivity contribution in [1.82, 2.24) is 24.8 Å². The van der Waals surface area contributed by atoms with Crippen molar-refractivity contribution in [3.8, 4) is 5.75 Å². The normalized spacial score (nSPS) is 11.3. The van der Waals surface area contributed by atoms with Crippen LogP contribution >= 0.6 is 34.4 Å². The molecule has 3 rings (SSSR count). The van der Waals surface area contributed by atoms with Gasteiger partial charge < -0.3 is 0 Å². The fraction of sp³-hybridized carbons (Fsp3) is 0.389. The maximum absolute atomic E-state index is 5.38. The number of hydrogen-bond acceptors (Lipinski definition) is 6. The molecule has 6 nitrogen and oxygen atoms in total. The summed E-state index contributed by atoms with van der Waals surface area (Å²) in [6, 6.07) is 6.10. The number of methoxy groups -OCH3 is 1. The van der Waals surface area contributed by atoms with Crippen LogP contribution in [0.3, 0.4) is 0 Å². The predicted molar refractivity (Wildman–Crippen MR) is 121 cm³/mol. The minimum atomic E-state index is 0.826. The molecule has 9 heteroatoms. The molecule has 1 aromatic carbocycles. The second kappa shape index (κ2) is 10.1. The Bertz CT molecular complexity index is 920. The Balaban J connectivity index is 1.91. The monoisotopic (exact) mass is 559 g/mol. The SMILES string of the molecule is CCCCNCCn1c(Sc2cc(OC)ccc2I)nc2c([AsH2])ncnc21. The van der Waals surface area contributed by atoms with Crippen molar-refractivity contribution in [2.45, 2.75) is 36.4 Å². The van der Waals surface area contributed by atoms with Crippen molar-refractivity contribution in [2.75, 3.05) is 20.2 Å². The van der Waals surface area contributed by atoms with Gasteiger partial charge in [0.1, 0.15) is 0 Å². The minimum absolute atomic E-state index is 0.826. The summed E-state index contributed by atoms with van der Waals surface area (Å²) in [5, 5.41) is 4.44. The molecule has 2 heterocycles. The van der Waals surface area contributed by atoms with Gasteiger partial charge in [-0.15, -0.1) is 0 Å². The first-order valence-corrected chi connectivity index (χ1v) is 11.9. The van der Waals surface area contributed by atoms with E-state index >= 15 is 0 Å². The summed E-state index contributed by atoms with van der Waals surface area (Å²) in [5.41, 5.74) is 1.80. The number of imidazole rings is 1. The van der Waals surface area contributed by atoms with Gasteiger partial charge in [0, 0.05) is 0 Å². The molecule has 0 amide bonds. The maximum atomic E-state index is 5.38. The van der Waals surface area contributed by atoms with E-state index in [4.69, 9.17) is 9.72 Å². The standard InChI is InChI=1S/C18H23AsIN5OS/c1-3-4-7-21-8-9-25-17-15(16(19)22-11-23-17)24-18(25)27-14-10-12(26-2)5-6-13(14)20/h5-6,10-11,21H,3-4,7-9,19H2,1-2H3. The molecule has 0 aliphatic carbocycles. The Hall–Kier alpha value is -0.832.